The molecule has 1 aliphatic heterocycles. The minimum atomic E-state index is -3.68. The lowest BCUT2D eigenvalue weighted by Gasteiger charge is -2.23. The Balaban J connectivity index is 1.33. The van der Waals surface area contributed by atoms with Crippen molar-refractivity contribution in [2.45, 2.75) is 23.1 Å². The van der Waals surface area contributed by atoms with E-state index in [1.165, 1.54) is 46.6 Å². The van der Waals surface area contributed by atoms with Gasteiger partial charge in [0.1, 0.15) is 10.3 Å². The minimum absolute atomic E-state index is 0.186. The van der Waals surface area contributed by atoms with Crippen LogP contribution in [0, 0.1) is 0 Å². The Kier molecular flexibility index (Phi) is 6.77. The number of carbonyl (C=O) groups excluding carboxylic acids is 3. The number of benzene rings is 1. The predicted molar refractivity (Wildman–Crippen MR) is 126 cm³/mol. The molecule has 3 amide bonds. The van der Waals surface area contributed by atoms with E-state index in [-0.39, 0.29) is 15.7 Å². The van der Waals surface area contributed by atoms with Gasteiger partial charge in [0.15, 0.2) is 0 Å². The zero-order chi connectivity index (χ0) is 23.4. The number of rotatable bonds is 6. The fourth-order valence-corrected chi connectivity index (χ4v) is 6.14. The molecule has 0 spiro atoms. The van der Waals surface area contributed by atoms with E-state index in [1.807, 2.05) is 0 Å². The SMILES string of the molecule is O=C(NNC(=O)[C@H]1CCCN1C(=O)c1cccs1)c1ccc(NS(=O)(=O)c2cccs2)cc1. The molecule has 33 heavy (non-hydrogen) atoms. The molecule has 0 unspecified atom stereocenters. The number of nitrogens with zero attached hydrogens (tertiary/aromatic N) is 1. The van der Waals surface area contributed by atoms with Crippen LogP contribution in [0.25, 0.3) is 0 Å². The van der Waals surface area contributed by atoms with E-state index in [0.29, 0.717) is 30.0 Å². The van der Waals surface area contributed by atoms with Crippen LogP contribution in [0.2, 0.25) is 0 Å². The van der Waals surface area contributed by atoms with Gasteiger partial charge < -0.3 is 4.90 Å². The summed E-state index contributed by atoms with van der Waals surface area (Å²) in [5.41, 5.74) is 5.27. The molecule has 0 radical (unpaired) electrons. The number of hydrazine groups is 1. The fourth-order valence-electron chi connectivity index (χ4n) is 3.41. The molecular formula is C21H20N4O5S3. The first-order valence-corrected chi connectivity index (χ1v) is 13.2. The van der Waals surface area contributed by atoms with Crippen LogP contribution in [0.1, 0.15) is 32.9 Å². The summed E-state index contributed by atoms with van der Waals surface area (Å²) in [4.78, 5) is 39.7. The van der Waals surface area contributed by atoms with Gasteiger partial charge in [-0.25, -0.2) is 8.42 Å². The largest absolute Gasteiger partial charge is 0.326 e. The van der Waals surface area contributed by atoms with Gasteiger partial charge in [0, 0.05) is 17.8 Å². The van der Waals surface area contributed by atoms with Gasteiger partial charge in [-0.15, -0.1) is 22.7 Å². The summed E-state index contributed by atoms with van der Waals surface area (Å²) in [6.45, 7) is 0.478. The molecule has 0 bridgehead atoms. The Morgan fingerprint density at radius 1 is 0.939 bits per heavy atom. The maximum Gasteiger partial charge on any atom is 0.271 e. The third kappa shape index (κ3) is 5.24. The lowest BCUT2D eigenvalue weighted by molar-refractivity contribution is -0.125. The number of nitrogens with one attached hydrogen (secondary N) is 3. The van der Waals surface area contributed by atoms with Gasteiger partial charge in [-0.05, 0) is 60.0 Å². The molecule has 1 atom stereocenters. The van der Waals surface area contributed by atoms with Gasteiger partial charge >= 0.3 is 0 Å². The van der Waals surface area contributed by atoms with Gasteiger partial charge in [0.2, 0.25) is 0 Å². The summed E-state index contributed by atoms with van der Waals surface area (Å²) >= 11 is 2.41. The quantitative estimate of drug-likeness (QED) is 0.445. The van der Waals surface area contributed by atoms with Gasteiger partial charge in [-0.2, -0.15) is 0 Å². The summed E-state index contributed by atoms with van der Waals surface area (Å²) in [6.07, 6.45) is 1.21. The molecule has 1 saturated heterocycles. The third-order valence-corrected chi connectivity index (χ3v) is 8.64. The first kappa shape index (κ1) is 23.0. The summed E-state index contributed by atoms with van der Waals surface area (Å²) in [6, 6.07) is 11.8. The third-order valence-electron chi connectivity index (χ3n) is 5.01. The molecule has 3 heterocycles. The molecule has 0 saturated carbocycles. The highest BCUT2D eigenvalue weighted by Gasteiger charge is 2.35. The number of likely N-dealkylation sites (tertiary alicyclic amines) is 1. The number of hydrogen-bond donors (Lipinski definition) is 3. The highest BCUT2D eigenvalue weighted by Crippen LogP contribution is 2.23. The summed E-state index contributed by atoms with van der Waals surface area (Å²) in [5.74, 6) is -1.23. The van der Waals surface area contributed by atoms with E-state index in [4.69, 9.17) is 0 Å². The fraction of sp³-hybridized carbons (Fsp3) is 0.190. The molecular weight excluding hydrogens is 484 g/mol. The summed E-state index contributed by atoms with van der Waals surface area (Å²) in [7, 11) is -3.68. The van der Waals surface area contributed by atoms with Crippen molar-refractivity contribution in [1.82, 2.24) is 15.8 Å². The van der Waals surface area contributed by atoms with Gasteiger partial charge in [-0.3, -0.25) is 30.0 Å². The molecule has 12 heteroatoms. The second-order valence-corrected chi connectivity index (χ2v) is 11.0. The van der Waals surface area contributed by atoms with Crippen LogP contribution >= 0.6 is 22.7 Å². The Morgan fingerprint density at radius 3 is 2.33 bits per heavy atom. The molecule has 1 aliphatic rings. The second-order valence-electron chi connectivity index (χ2n) is 7.19. The highest BCUT2D eigenvalue weighted by atomic mass is 32.2. The molecule has 3 N–H and O–H groups in total. The standard InChI is InChI=1S/C21H20N4O5S3/c26-19(14-7-9-15(10-8-14)24-33(29,30)18-6-3-13-32-18)22-23-20(27)16-4-1-11-25(16)21(28)17-5-2-12-31-17/h2-3,5-10,12-13,16,24H,1,4,11H2,(H,22,26)(H,23,27)/t16-/m1/s1. The van der Waals surface area contributed by atoms with E-state index in [2.05, 4.69) is 15.6 Å². The first-order chi connectivity index (χ1) is 15.8. The van der Waals surface area contributed by atoms with Crippen molar-refractivity contribution in [3.8, 4) is 0 Å². The topological polar surface area (TPSA) is 125 Å². The van der Waals surface area contributed by atoms with Crippen molar-refractivity contribution in [3.05, 3.63) is 69.7 Å². The predicted octanol–water partition coefficient (Wildman–Crippen LogP) is 2.68. The number of hydrogen-bond acceptors (Lipinski definition) is 7. The zero-order valence-corrected chi connectivity index (χ0v) is 19.6. The second kappa shape index (κ2) is 9.73. The van der Waals surface area contributed by atoms with Crippen molar-refractivity contribution in [2.24, 2.45) is 0 Å². The monoisotopic (exact) mass is 504 g/mol. The Bertz CT molecular complexity index is 1240. The van der Waals surface area contributed by atoms with Gasteiger partial charge in [-0.1, -0.05) is 12.1 Å². The van der Waals surface area contributed by atoms with E-state index in [9.17, 15) is 22.8 Å². The molecule has 2 aromatic heterocycles. The van der Waals surface area contributed by atoms with Gasteiger partial charge in [0.05, 0.1) is 4.88 Å². The lowest BCUT2D eigenvalue weighted by Crippen LogP contribution is -2.51. The number of anilines is 1. The molecule has 1 fully saturated rings. The summed E-state index contributed by atoms with van der Waals surface area (Å²) < 4.78 is 27.2. The van der Waals surface area contributed by atoms with E-state index >= 15 is 0 Å². The van der Waals surface area contributed by atoms with Crippen LogP contribution in [-0.4, -0.2) is 43.6 Å². The normalized spacial score (nSPS) is 15.8. The number of carbonyl (C=O) groups is 3. The molecule has 0 aliphatic carbocycles. The molecule has 1 aromatic carbocycles. The van der Waals surface area contributed by atoms with Crippen LogP contribution in [0.5, 0.6) is 0 Å². The number of thiophene rings is 2. The van der Waals surface area contributed by atoms with Crippen LogP contribution in [-0.2, 0) is 14.8 Å². The molecule has 172 valence electrons. The lowest BCUT2D eigenvalue weighted by atomic mass is 10.2. The molecule has 3 aromatic rings. The Morgan fingerprint density at radius 2 is 1.67 bits per heavy atom. The average Bonchev–Trinajstić information content (AvgIpc) is 3.58. The summed E-state index contributed by atoms with van der Waals surface area (Å²) in [5, 5.41) is 3.47. The van der Waals surface area contributed by atoms with Crippen molar-refractivity contribution < 1.29 is 22.8 Å². The van der Waals surface area contributed by atoms with Crippen molar-refractivity contribution in [1.29, 1.82) is 0 Å². The van der Waals surface area contributed by atoms with Crippen molar-refractivity contribution in [2.75, 3.05) is 11.3 Å². The van der Waals surface area contributed by atoms with Crippen molar-refractivity contribution in [3.63, 3.8) is 0 Å². The Labute approximate surface area is 198 Å². The number of sulfonamides is 1. The maximum absolute atomic E-state index is 12.6. The van der Waals surface area contributed by atoms with E-state index < -0.39 is 27.9 Å². The molecule has 4 rings (SSSR count). The Hall–Kier alpha value is -3.22. The first-order valence-electron chi connectivity index (χ1n) is 9.96. The number of amides is 3. The van der Waals surface area contributed by atoms with Crippen molar-refractivity contribution >= 4 is 56.1 Å². The van der Waals surface area contributed by atoms with E-state index in [1.54, 1.807) is 29.0 Å². The maximum atomic E-state index is 12.6. The van der Waals surface area contributed by atoms with E-state index in [0.717, 1.165) is 11.3 Å². The van der Waals surface area contributed by atoms with Crippen LogP contribution in [0.4, 0.5) is 5.69 Å². The van der Waals surface area contributed by atoms with Crippen LogP contribution in [0.3, 0.4) is 0 Å². The van der Waals surface area contributed by atoms with Gasteiger partial charge in [0.25, 0.3) is 27.7 Å². The minimum Gasteiger partial charge on any atom is -0.326 e. The zero-order valence-electron chi connectivity index (χ0n) is 17.2. The highest BCUT2D eigenvalue weighted by molar-refractivity contribution is 7.94. The molecule has 9 nitrogen and oxygen atoms in total. The van der Waals surface area contributed by atoms with Crippen LogP contribution < -0.4 is 15.6 Å². The smallest absolute Gasteiger partial charge is 0.271 e. The average molecular weight is 505 g/mol. The van der Waals surface area contributed by atoms with Crippen LogP contribution in [0.15, 0.2) is 63.5 Å².